The van der Waals surface area contributed by atoms with Gasteiger partial charge in [0.1, 0.15) is 53.1 Å². The second kappa shape index (κ2) is 29.4. The third kappa shape index (κ3) is 13.8. The number of piperidine rings is 1. The van der Waals surface area contributed by atoms with Gasteiger partial charge in [-0.2, -0.15) is 0 Å². The number of hydrogen-bond acceptors (Lipinski definition) is 27. The first-order valence-corrected chi connectivity index (χ1v) is 35.0. The summed E-state index contributed by atoms with van der Waals surface area (Å²) in [5.41, 5.74) is 1.44. The topological polar surface area (TPSA) is 370 Å². The van der Waals surface area contributed by atoms with E-state index in [1.54, 1.807) is 97.0 Å². The summed E-state index contributed by atoms with van der Waals surface area (Å²) in [6.45, 7) is 21.4. The number of benzene rings is 4. The van der Waals surface area contributed by atoms with Gasteiger partial charge in [0.25, 0.3) is 11.7 Å². The molecule has 4 bridgehead atoms. The standard InChI is InChI=1S/C46H62N4O11.C29H32O13/c1-22(2)21-50-18-16-46(17-19-50)48-34-31-32-39(54)28(8)42-33(31)43(56)45(10,61-42)59-20-15-30(58-11)25(5)41(60-29(9)51)27(7)38(53)26(6)37(52)23(3)13-12-14-24(4)44(57)47-36(40(32)55)35(34)49-46;1-11-36-9-20-27(40-11)24(31)25(32)29(41-20)42-26-14-7-17-16(38-10-39-17)6-13(14)21(22-15(26)8-37-28(22)33)12-4-18(34-2)23(30)19(5-12)35-3/h12-15,20,22-23,25-27,30,37-38,41,52-55H,16-19,21H2,1-11H3,(H,47,57);4-7,11,15,20-22,24-27,29-32H,8-10H2,1-3H3/b13-12-,20-15-,24-14+;/t23-,25+,26+,27-,30-,37-,38+,41-,45-;11-,15+,20-,21-,22+,24-,25-,26-,27-,29+/m01/s1. The van der Waals surface area contributed by atoms with Gasteiger partial charge in [-0.15, -0.1) is 0 Å². The maximum Gasteiger partial charge on any atom is 0.312 e. The van der Waals surface area contributed by atoms with E-state index in [2.05, 4.69) is 24.1 Å². The van der Waals surface area contributed by atoms with Gasteiger partial charge in [0, 0.05) is 105 Å². The third-order valence-corrected chi connectivity index (χ3v) is 21.6. The molecule has 0 aromatic heterocycles. The van der Waals surface area contributed by atoms with Crippen molar-refractivity contribution in [2.75, 3.05) is 66.3 Å². The lowest BCUT2D eigenvalue weighted by Gasteiger charge is -2.47. The number of aliphatic hydroxyl groups excluding tert-OH is 4. The smallest absolute Gasteiger partial charge is 0.312 e. The molecule has 9 aliphatic rings. The van der Waals surface area contributed by atoms with Crippen LogP contribution in [0.15, 0.2) is 70.4 Å². The zero-order chi connectivity index (χ0) is 74.2. The van der Waals surface area contributed by atoms with Crippen molar-refractivity contribution in [3.8, 4) is 46.0 Å². The van der Waals surface area contributed by atoms with Gasteiger partial charge in [0.2, 0.25) is 12.5 Å². The summed E-state index contributed by atoms with van der Waals surface area (Å²) in [6.07, 6.45) is -1.76. The third-order valence-electron chi connectivity index (χ3n) is 21.6. The summed E-state index contributed by atoms with van der Waals surface area (Å²) in [6, 6.07) is 6.93. The van der Waals surface area contributed by atoms with Gasteiger partial charge >= 0.3 is 17.7 Å². The molecule has 19 atom stereocenters. The number of likely N-dealkylation sites (tertiary alicyclic amines) is 1. The summed E-state index contributed by atoms with van der Waals surface area (Å²) in [7, 11) is 4.33. The van der Waals surface area contributed by atoms with E-state index in [1.807, 2.05) is 0 Å². The number of aromatic hydroxyl groups is 3. The second-order valence-corrected chi connectivity index (χ2v) is 28.9. The van der Waals surface area contributed by atoms with Crippen LogP contribution in [0.4, 0.5) is 5.69 Å². The Bertz CT molecular complexity index is 4160. The highest BCUT2D eigenvalue weighted by Gasteiger charge is 2.57. The number of hydrogen-bond donors (Lipinski definition) is 8. The van der Waals surface area contributed by atoms with Crippen LogP contribution in [0.1, 0.15) is 127 Å². The van der Waals surface area contributed by atoms with Crippen LogP contribution in [-0.4, -0.2) is 198 Å². The van der Waals surface area contributed by atoms with Crippen molar-refractivity contribution in [1.29, 1.82) is 0 Å². The molecule has 558 valence electrons. The fourth-order valence-electron chi connectivity index (χ4n) is 15.9. The number of methoxy groups -OCH3 is 3. The largest absolute Gasteiger partial charge is 0.507 e. The number of cyclic esters (lactones) is 1. The highest BCUT2D eigenvalue weighted by Crippen LogP contribution is 2.58. The molecule has 4 aromatic rings. The number of Topliss-reactive ketones (excluding diaryl/α,β-unsaturated/α-hetero) is 1. The number of carbonyl (C=O) groups is 4. The van der Waals surface area contributed by atoms with Crippen LogP contribution < -0.4 is 39.7 Å². The van der Waals surface area contributed by atoms with Crippen molar-refractivity contribution >= 4 is 40.1 Å². The average molecular weight is 1440 g/mol. The zero-order valence-corrected chi connectivity index (χ0v) is 60.2. The zero-order valence-electron chi connectivity index (χ0n) is 60.2. The average Bonchev–Trinajstić information content (AvgIpc) is 1.49. The molecule has 103 heavy (non-hydrogen) atoms. The van der Waals surface area contributed by atoms with Crippen molar-refractivity contribution in [1.82, 2.24) is 4.90 Å². The predicted molar refractivity (Wildman–Crippen MR) is 366 cm³/mol. The van der Waals surface area contributed by atoms with E-state index in [0.717, 1.165) is 6.54 Å². The van der Waals surface area contributed by atoms with Crippen LogP contribution in [-0.2, 0) is 52.3 Å². The number of ether oxygens (including phenoxy) is 13. The number of allylic oxidation sites excluding steroid dienone is 2. The van der Waals surface area contributed by atoms with Gasteiger partial charge < -0.3 is 108 Å². The lowest BCUT2D eigenvalue weighted by atomic mass is 9.66. The Labute approximate surface area is 595 Å². The fourth-order valence-corrected chi connectivity index (χ4v) is 15.9. The van der Waals surface area contributed by atoms with Crippen molar-refractivity contribution in [2.24, 2.45) is 51.4 Å². The summed E-state index contributed by atoms with van der Waals surface area (Å²) < 4.78 is 75.5. The quantitative estimate of drug-likeness (QED) is 0.0694. The van der Waals surface area contributed by atoms with Crippen molar-refractivity contribution in [3.05, 3.63) is 98.9 Å². The second-order valence-electron chi connectivity index (χ2n) is 28.9. The number of esters is 2. The van der Waals surface area contributed by atoms with Gasteiger partial charge in [-0.1, -0.05) is 59.8 Å². The first-order chi connectivity index (χ1) is 48.9. The van der Waals surface area contributed by atoms with Crippen LogP contribution in [0.2, 0.25) is 0 Å². The van der Waals surface area contributed by atoms with Gasteiger partial charge in [-0.05, 0) is 73.7 Å². The first-order valence-electron chi connectivity index (χ1n) is 35.0. The molecule has 8 heterocycles. The van der Waals surface area contributed by atoms with Crippen LogP contribution in [0.25, 0.3) is 10.8 Å². The molecule has 4 saturated heterocycles. The van der Waals surface area contributed by atoms with E-state index in [0.29, 0.717) is 60.0 Å². The van der Waals surface area contributed by atoms with Crippen molar-refractivity contribution in [3.63, 3.8) is 0 Å². The molecule has 0 unspecified atom stereocenters. The molecule has 1 spiro atoms. The number of carbonyl (C=O) groups excluding carboxylic acids is 4. The Hall–Kier alpha value is -8.16. The summed E-state index contributed by atoms with van der Waals surface area (Å²) in [4.78, 5) is 67.1. The first kappa shape index (κ1) is 74.6. The summed E-state index contributed by atoms with van der Waals surface area (Å²) in [5, 5.41) is 82.7. The molecule has 4 fully saturated rings. The van der Waals surface area contributed by atoms with E-state index in [9.17, 15) is 54.9 Å². The van der Waals surface area contributed by atoms with E-state index in [-0.39, 0.29) is 92.6 Å². The maximum atomic E-state index is 14.7. The predicted octanol–water partition coefficient (Wildman–Crippen LogP) is 6.09. The summed E-state index contributed by atoms with van der Waals surface area (Å²) in [5.74, 6) is -7.47. The number of fused-ring (bicyclic) bond motifs is 5. The van der Waals surface area contributed by atoms with Crippen LogP contribution in [0.3, 0.4) is 0 Å². The Balaban J connectivity index is 0.000000207. The molecule has 28 nitrogen and oxygen atoms in total. The highest BCUT2D eigenvalue weighted by atomic mass is 16.8. The Morgan fingerprint density at radius 2 is 1.45 bits per heavy atom. The normalized spacial score (nSPS) is 34.2. The van der Waals surface area contributed by atoms with E-state index < -0.39 is 150 Å². The molecule has 28 heteroatoms. The van der Waals surface area contributed by atoms with E-state index in [1.165, 1.54) is 41.4 Å². The minimum atomic E-state index is -1.96. The lowest BCUT2D eigenvalue weighted by molar-refractivity contribution is -0.364. The molecule has 1 aliphatic carbocycles. The number of phenolic OH excluding ortho intramolecular Hbond substituents is 3. The SMILES string of the molecule is CO[C@H]1/C=C\O[C@@]2(C)Oc3c(C)c(O)c4c(O)c(c5c(c4c3C2=O)=NC2(CCN(CC(C)C)CC2)N=5)NC(=O)/C(C)=C/C=C\[C@H](C)[C@H](O)[C@@H](C)[C@@H](O)[C@H](C)[C@@H](OC(C)=O)[C@@H]1C.COc1cc([C@@H]2c3cc4c(cc3[C@@H](O[C@@H]3O[C@@H]5CO[C@@H](C)O[C@H]5[C@H](O)[C@H]3O)[C@H]3COC(=O)[C@H]23)OCO4)cc(OC)c1O. The molecular formula is C75H94N4O24. The minimum absolute atomic E-state index is 0.0301. The van der Waals surface area contributed by atoms with Gasteiger partial charge in [0.15, 0.2) is 47.0 Å². The molecule has 8 aliphatic heterocycles. The van der Waals surface area contributed by atoms with Crippen molar-refractivity contribution < 1.29 is 117 Å². The molecule has 8 N–H and O–H groups in total. The number of anilines is 1. The lowest BCUT2D eigenvalue weighted by Crippen LogP contribution is -2.63. The number of phenols is 3. The highest BCUT2D eigenvalue weighted by molar-refractivity contribution is 6.19. The minimum Gasteiger partial charge on any atom is -0.507 e. The van der Waals surface area contributed by atoms with Crippen molar-refractivity contribution in [2.45, 2.75) is 174 Å². The number of nitrogens with zero attached hydrogens (tertiary/aromatic N) is 3. The van der Waals surface area contributed by atoms with Crippen LogP contribution >= 0.6 is 0 Å². The van der Waals surface area contributed by atoms with Gasteiger partial charge in [-0.25, -0.2) is 0 Å². The van der Waals surface area contributed by atoms with Gasteiger partial charge in [-0.3, -0.25) is 29.2 Å². The van der Waals surface area contributed by atoms with Crippen LogP contribution in [0, 0.1) is 48.3 Å². The maximum absolute atomic E-state index is 14.7. The summed E-state index contributed by atoms with van der Waals surface area (Å²) >= 11 is 0. The molecule has 4 aromatic carbocycles. The molecule has 0 saturated carbocycles. The number of ketones is 1. The number of amides is 1. The molecule has 1 amide bonds. The molecular weight excluding hydrogens is 1340 g/mol. The van der Waals surface area contributed by atoms with E-state index in [4.69, 9.17) is 71.6 Å². The Morgan fingerprint density at radius 1 is 0.777 bits per heavy atom. The van der Waals surface area contributed by atoms with E-state index >= 15 is 0 Å². The van der Waals surface area contributed by atoms with Gasteiger partial charge in [0.05, 0.1) is 80.3 Å². The number of nitrogens with one attached hydrogen (secondary N) is 1. The monoisotopic (exact) mass is 1430 g/mol. The van der Waals surface area contributed by atoms with Crippen LogP contribution in [0.5, 0.6) is 46.0 Å². The Kier molecular flexibility index (Phi) is 21.3. The number of rotatable bonds is 9. The molecule has 13 rings (SSSR count). The number of aliphatic hydroxyl groups is 4. The molecule has 0 radical (unpaired) electrons. The fraction of sp³-hybridized carbons (Fsp3) is 0.573. The Morgan fingerprint density at radius 3 is 2.10 bits per heavy atom.